The summed E-state index contributed by atoms with van der Waals surface area (Å²) < 4.78 is 1.00. The Morgan fingerprint density at radius 2 is 1.75 bits per heavy atom. The molecule has 0 atom stereocenters. The van der Waals surface area contributed by atoms with Crippen LogP contribution < -0.4 is 10.6 Å². The van der Waals surface area contributed by atoms with Crippen molar-refractivity contribution in [2.24, 2.45) is 5.73 Å². The fraction of sp³-hybridized carbons (Fsp3) is 0.278. The summed E-state index contributed by atoms with van der Waals surface area (Å²) in [6, 6.07) is 13.5. The van der Waals surface area contributed by atoms with Gasteiger partial charge in [-0.3, -0.25) is 9.69 Å². The van der Waals surface area contributed by atoms with Crippen LogP contribution in [-0.4, -0.2) is 37.0 Å². The first-order chi connectivity index (χ1) is 11.5. The van der Waals surface area contributed by atoms with E-state index >= 15 is 0 Å². The van der Waals surface area contributed by atoms with E-state index in [0.717, 1.165) is 53.5 Å². The zero-order chi connectivity index (χ0) is 17.1. The number of hydrogen-bond donors (Lipinski definition) is 1. The van der Waals surface area contributed by atoms with Crippen LogP contribution in [-0.2, 0) is 6.54 Å². The van der Waals surface area contributed by atoms with Gasteiger partial charge in [-0.05, 0) is 42.0 Å². The van der Waals surface area contributed by atoms with E-state index in [4.69, 9.17) is 17.3 Å². The summed E-state index contributed by atoms with van der Waals surface area (Å²) in [6.07, 6.45) is 0. The van der Waals surface area contributed by atoms with E-state index in [0.29, 0.717) is 5.56 Å². The van der Waals surface area contributed by atoms with Crippen LogP contribution in [0.15, 0.2) is 46.9 Å². The quantitative estimate of drug-likeness (QED) is 0.842. The summed E-state index contributed by atoms with van der Waals surface area (Å²) >= 11 is 9.74. The third kappa shape index (κ3) is 4.09. The van der Waals surface area contributed by atoms with Gasteiger partial charge in [0, 0.05) is 53.5 Å². The molecule has 24 heavy (non-hydrogen) atoms. The van der Waals surface area contributed by atoms with Gasteiger partial charge in [0.15, 0.2) is 0 Å². The fourth-order valence-corrected chi connectivity index (χ4v) is 3.62. The van der Waals surface area contributed by atoms with Crippen molar-refractivity contribution in [3.8, 4) is 0 Å². The predicted octanol–water partition coefficient (Wildman–Crippen LogP) is 3.52. The van der Waals surface area contributed by atoms with Crippen LogP contribution in [0.2, 0.25) is 5.02 Å². The van der Waals surface area contributed by atoms with Crippen molar-refractivity contribution in [2.45, 2.75) is 6.54 Å². The maximum Gasteiger partial charge on any atom is 0.248 e. The summed E-state index contributed by atoms with van der Waals surface area (Å²) in [5.74, 6) is -0.391. The van der Waals surface area contributed by atoms with Gasteiger partial charge in [0.05, 0.1) is 0 Å². The molecular formula is C18H19BrClN3O. The highest BCUT2D eigenvalue weighted by Crippen LogP contribution is 2.24. The van der Waals surface area contributed by atoms with Gasteiger partial charge in [-0.15, -0.1) is 0 Å². The van der Waals surface area contributed by atoms with Crippen molar-refractivity contribution in [1.29, 1.82) is 0 Å². The van der Waals surface area contributed by atoms with Crippen LogP contribution in [0.5, 0.6) is 0 Å². The average Bonchev–Trinajstić information content (AvgIpc) is 2.58. The Morgan fingerprint density at radius 1 is 1.08 bits per heavy atom. The molecule has 2 N–H and O–H groups in total. The smallest absolute Gasteiger partial charge is 0.248 e. The molecule has 1 aliphatic heterocycles. The number of carbonyl (C=O) groups excluding carboxylic acids is 1. The van der Waals surface area contributed by atoms with E-state index < -0.39 is 5.91 Å². The molecule has 3 rings (SSSR count). The third-order valence-corrected chi connectivity index (χ3v) is 5.14. The first kappa shape index (κ1) is 17.3. The second kappa shape index (κ2) is 7.55. The summed E-state index contributed by atoms with van der Waals surface area (Å²) in [5.41, 5.74) is 8.10. The molecule has 6 heteroatoms. The molecule has 1 saturated heterocycles. The molecule has 0 bridgehead atoms. The van der Waals surface area contributed by atoms with Crippen LogP contribution in [0.3, 0.4) is 0 Å². The topological polar surface area (TPSA) is 49.6 Å². The highest BCUT2D eigenvalue weighted by Gasteiger charge is 2.18. The molecule has 0 radical (unpaired) electrons. The largest absolute Gasteiger partial charge is 0.369 e. The van der Waals surface area contributed by atoms with Gasteiger partial charge in [-0.25, -0.2) is 0 Å². The van der Waals surface area contributed by atoms with Gasteiger partial charge >= 0.3 is 0 Å². The lowest BCUT2D eigenvalue weighted by molar-refractivity contribution is 0.100. The Hall–Kier alpha value is -1.56. The Bertz CT molecular complexity index is 728. The van der Waals surface area contributed by atoms with Crippen molar-refractivity contribution in [2.75, 3.05) is 31.1 Å². The zero-order valence-corrected chi connectivity index (χ0v) is 15.6. The lowest BCUT2D eigenvalue weighted by atomic mass is 10.1. The van der Waals surface area contributed by atoms with Crippen molar-refractivity contribution in [3.05, 3.63) is 63.1 Å². The minimum absolute atomic E-state index is 0.391. The average molecular weight is 409 g/mol. The van der Waals surface area contributed by atoms with Crippen LogP contribution in [0, 0.1) is 0 Å². The highest BCUT2D eigenvalue weighted by molar-refractivity contribution is 9.10. The summed E-state index contributed by atoms with van der Waals surface area (Å²) in [4.78, 5) is 15.9. The number of rotatable bonds is 4. The van der Waals surface area contributed by atoms with E-state index in [1.54, 1.807) is 12.1 Å². The number of nitrogens with zero attached hydrogens (tertiary/aromatic N) is 2. The summed E-state index contributed by atoms with van der Waals surface area (Å²) in [6.45, 7) is 4.71. The number of amides is 1. The molecule has 0 spiro atoms. The molecule has 0 unspecified atom stereocenters. The van der Waals surface area contributed by atoms with E-state index in [1.807, 2.05) is 24.3 Å². The maximum atomic E-state index is 11.1. The maximum absolute atomic E-state index is 11.1. The van der Waals surface area contributed by atoms with Crippen LogP contribution in [0.4, 0.5) is 5.69 Å². The molecule has 4 nitrogen and oxygen atoms in total. The molecular weight excluding hydrogens is 390 g/mol. The minimum atomic E-state index is -0.391. The molecule has 2 aromatic rings. The predicted molar refractivity (Wildman–Crippen MR) is 102 cm³/mol. The SMILES string of the molecule is NC(=O)c1ccc(N2CCN(Cc3ccc(Br)cc3Cl)CC2)cc1. The molecule has 0 saturated carbocycles. The summed E-state index contributed by atoms with van der Waals surface area (Å²) in [5, 5.41) is 0.800. The van der Waals surface area contributed by atoms with Crippen LogP contribution >= 0.6 is 27.5 Å². The van der Waals surface area contributed by atoms with Gasteiger partial charge < -0.3 is 10.6 Å². The second-order valence-electron chi connectivity index (χ2n) is 5.91. The molecule has 126 valence electrons. The standard InChI is InChI=1S/C18H19BrClN3O/c19-15-4-1-14(17(20)11-15)12-22-7-9-23(10-8-22)16-5-2-13(3-6-16)18(21)24/h1-6,11H,7-10,12H2,(H2,21,24). The highest BCUT2D eigenvalue weighted by atomic mass is 79.9. The van der Waals surface area contributed by atoms with Crippen molar-refractivity contribution < 1.29 is 4.79 Å². The number of carbonyl (C=O) groups is 1. The van der Waals surface area contributed by atoms with E-state index in [2.05, 4.69) is 31.8 Å². The molecule has 0 aromatic heterocycles. The van der Waals surface area contributed by atoms with Gasteiger partial charge in [0.25, 0.3) is 0 Å². The number of benzene rings is 2. The van der Waals surface area contributed by atoms with Crippen molar-refractivity contribution in [3.63, 3.8) is 0 Å². The second-order valence-corrected chi connectivity index (χ2v) is 7.23. The lowest BCUT2D eigenvalue weighted by Gasteiger charge is -2.36. The molecule has 1 aliphatic rings. The number of hydrogen-bond acceptors (Lipinski definition) is 3. The molecule has 1 amide bonds. The van der Waals surface area contributed by atoms with Gasteiger partial charge in [0.2, 0.25) is 5.91 Å². The number of primary amides is 1. The Balaban J connectivity index is 1.58. The number of halogens is 2. The molecule has 2 aromatic carbocycles. The third-order valence-electron chi connectivity index (χ3n) is 4.30. The van der Waals surface area contributed by atoms with E-state index in [-0.39, 0.29) is 0 Å². The Labute approximate surface area is 155 Å². The van der Waals surface area contributed by atoms with Crippen molar-refractivity contribution in [1.82, 2.24) is 4.90 Å². The first-order valence-electron chi connectivity index (χ1n) is 7.84. The fourth-order valence-electron chi connectivity index (χ4n) is 2.89. The number of nitrogens with two attached hydrogens (primary N) is 1. The van der Waals surface area contributed by atoms with Gasteiger partial charge in [-0.1, -0.05) is 33.6 Å². The lowest BCUT2D eigenvalue weighted by Crippen LogP contribution is -2.46. The van der Waals surface area contributed by atoms with Crippen LogP contribution in [0.1, 0.15) is 15.9 Å². The zero-order valence-electron chi connectivity index (χ0n) is 13.2. The molecule has 1 heterocycles. The minimum Gasteiger partial charge on any atom is -0.369 e. The van der Waals surface area contributed by atoms with Gasteiger partial charge in [-0.2, -0.15) is 0 Å². The summed E-state index contributed by atoms with van der Waals surface area (Å²) in [7, 11) is 0. The van der Waals surface area contributed by atoms with Crippen molar-refractivity contribution >= 4 is 39.1 Å². The van der Waals surface area contributed by atoms with Gasteiger partial charge in [0.1, 0.15) is 0 Å². The Morgan fingerprint density at radius 3 is 2.33 bits per heavy atom. The molecule has 1 fully saturated rings. The first-order valence-corrected chi connectivity index (χ1v) is 9.01. The molecule has 0 aliphatic carbocycles. The number of piperazine rings is 1. The normalized spacial score (nSPS) is 15.5. The monoisotopic (exact) mass is 407 g/mol. The van der Waals surface area contributed by atoms with E-state index in [9.17, 15) is 4.79 Å². The van der Waals surface area contributed by atoms with Crippen LogP contribution in [0.25, 0.3) is 0 Å². The number of anilines is 1. The van der Waals surface area contributed by atoms with E-state index in [1.165, 1.54) is 0 Å². The Kier molecular flexibility index (Phi) is 5.43.